The summed E-state index contributed by atoms with van der Waals surface area (Å²) in [6, 6.07) is 26.2. The van der Waals surface area contributed by atoms with Crippen LogP contribution in [-0.2, 0) is 9.59 Å². The van der Waals surface area contributed by atoms with E-state index in [0.29, 0.717) is 5.82 Å². The summed E-state index contributed by atoms with van der Waals surface area (Å²) >= 11 is 1.58. The second kappa shape index (κ2) is 10.6. The molecule has 1 N–H and O–H groups in total. The lowest BCUT2D eigenvalue weighted by Gasteiger charge is -2.23. The molecule has 2 amide bonds. The van der Waals surface area contributed by atoms with Crippen LogP contribution in [0, 0.1) is 6.92 Å². The molecular formula is C31H30N4O3S. The Morgan fingerprint density at radius 2 is 1.82 bits per heavy atom. The third-order valence-electron chi connectivity index (χ3n) is 7.04. The summed E-state index contributed by atoms with van der Waals surface area (Å²) in [5, 5.41) is 8.03. The van der Waals surface area contributed by atoms with Crippen molar-refractivity contribution in [2.45, 2.75) is 31.1 Å². The van der Waals surface area contributed by atoms with Gasteiger partial charge in [-0.1, -0.05) is 60.2 Å². The van der Waals surface area contributed by atoms with Gasteiger partial charge in [0.2, 0.25) is 11.8 Å². The summed E-state index contributed by atoms with van der Waals surface area (Å²) in [7, 11) is 1.63. The second-order valence-corrected chi connectivity index (χ2v) is 11.1. The second-order valence-electron chi connectivity index (χ2n) is 9.99. The predicted molar refractivity (Wildman–Crippen MR) is 155 cm³/mol. The van der Waals surface area contributed by atoms with E-state index in [-0.39, 0.29) is 35.4 Å². The van der Waals surface area contributed by atoms with Crippen molar-refractivity contribution in [3.05, 3.63) is 95.6 Å². The average molecular weight is 539 g/mol. The number of nitrogens with one attached hydrogen (secondary N) is 1. The minimum Gasteiger partial charge on any atom is -0.497 e. The van der Waals surface area contributed by atoms with Gasteiger partial charge < -0.3 is 10.1 Å². The fourth-order valence-electron chi connectivity index (χ4n) is 4.97. The van der Waals surface area contributed by atoms with Gasteiger partial charge in [0.1, 0.15) is 18.1 Å². The summed E-state index contributed by atoms with van der Waals surface area (Å²) in [5.74, 6) is 1.34. The third kappa shape index (κ3) is 5.16. The molecule has 39 heavy (non-hydrogen) atoms. The third-order valence-corrected chi connectivity index (χ3v) is 8.30. The van der Waals surface area contributed by atoms with Crippen molar-refractivity contribution in [3.8, 4) is 22.7 Å². The molecule has 1 fully saturated rings. The molecule has 1 aliphatic heterocycles. The molecule has 1 aromatic heterocycles. The van der Waals surface area contributed by atoms with Crippen molar-refractivity contribution in [2.75, 3.05) is 24.3 Å². The predicted octanol–water partition coefficient (Wildman–Crippen LogP) is 5.30. The highest BCUT2D eigenvalue weighted by molar-refractivity contribution is 8.00. The van der Waals surface area contributed by atoms with Crippen LogP contribution in [0.3, 0.4) is 0 Å². The molecule has 198 valence electrons. The molecule has 0 saturated heterocycles. The summed E-state index contributed by atoms with van der Waals surface area (Å²) < 4.78 is 7.20. The molecule has 7 nitrogen and oxygen atoms in total. The highest BCUT2D eigenvalue weighted by Crippen LogP contribution is 2.48. The summed E-state index contributed by atoms with van der Waals surface area (Å²) in [6.07, 6.45) is 1.97. The van der Waals surface area contributed by atoms with E-state index < -0.39 is 0 Å². The van der Waals surface area contributed by atoms with Crippen LogP contribution in [0.25, 0.3) is 16.9 Å². The first-order valence-electron chi connectivity index (χ1n) is 13.1. The summed E-state index contributed by atoms with van der Waals surface area (Å²) in [5.41, 5.74) is 5.71. The van der Waals surface area contributed by atoms with Gasteiger partial charge in [-0.3, -0.25) is 14.5 Å². The van der Waals surface area contributed by atoms with Crippen LogP contribution < -0.4 is 15.0 Å². The lowest BCUT2D eigenvalue weighted by Crippen LogP contribution is -2.43. The van der Waals surface area contributed by atoms with E-state index in [4.69, 9.17) is 9.84 Å². The zero-order chi connectivity index (χ0) is 26.9. The van der Waals surface area contributed by atoms with Crippen molar-refractivity contribution in [1.82, 2.24) is 15.1 Å². The number of nitrogens with zero attached hydrogens (tertiary/aromatic N) is 3. The number of methoxy groups -OCH3 is 1. The molecule has 0 bridgehead atoms. The molecule has 2 aliphatic rings. The van der Waals surface area contributed by atoms with Gasteiger partial charge in [0, 0.05) is 17.2 Å². The summed E-state index contributed by atoms with van der Waals surface area (Å²) in [4.78, 5) is 28.5. The van der Waals surface area contributed by atoms with Gasteiger partial charge in [-0.15, -0.1) is 11.8 Å². The topological polar surface area (TPSA) is 76.5 Å². The average Bonchev–Trinajstić information content (AvgIpc) is 3.71. The van der Waals surface area contributed by atoms with Crippen molar-refractivity contribution in [3.63, 3.8) is 0 Å². The monoisotopic (exact) mass is 538 g/mol. The molecule has 0 radical (unpaired) electrons. The van der Waals surface area contributed by atoms with E-state index in [1.54, 1.807) is 23.8 Å². The quantitative estimate of drug-likeness (QED) is 0.345. The smallest absolute Gasteiger partial charge is 0.240 e. The number of hydrogen-bond acceptors (Lipinski definition) is 5. The van der Waals surface area contributed by atoms with E-state index in [1.807, 2.05) is 59.3 Å². The zero-order valence-electron chi connectivity index (χ0n) is 22.0. The van der Waals surface area contributed by atoms with Crippen LogP contribution in [0.4, 0.5) is 5.82 Å². The number of ether oxygens (including phenoxy) is 1. The number of aryl methyl sites for hydroxylation is 1. The van der Waals surface area contributed by atoms with Crippen LogP contribution in [0.15, 0.2) is 78.9 Å². The minimum absolute atomic E-state index is 0.0560. The first-order valence-corrected chi connectivity index (χ1v) is 14.2. The van der Waals surface area contributed by atoms with Crippen molar-refractivity contribution in [1.29, 1.82) is 0 Å². The standard InChI is InChI=1S/C31H30N4O3S/c1-20-7-6-10-22(17-20)30-28-29(21-8-4-3-5-9-21)33-35(24-13-15-25(38-2)16-14-24)31(28)34(27(37)19-39-30)18-26(36)32-23-11-12-23/h3-10,13-17,23,30H,11-12,18-19H2,1-2H3,(H,32,36)/t30-/m1/s1. The lowest BCUT2D eigenvalue weighted by molar-refractivity contribution is -0.123. The number of aromatic nitrogens is 2. The Hall–Kier alpha value is -4.04. The van der Waals surface area contributed by atoms with Gasteiger partial charge in [0.25, 0.3) is 0 Å². The number of amides is 2. The summed E-state index contributed by atoms with van der Waals surface area (Å²) in [6.45, 7) is 2.02. The molecule has 4 aromatic rings. The molecule has 1 aliphatic carbocycles. The Kier molecular flexibility index (Phi) is 6.87. The van der Waals surface area contributed by atoms with E-state index in [0.717, 1.165) is 52.2 Å². The maximum atomic E-state index is 13.8. The highest BCUT2D eigenvalue weighted by Gasteiger charge is 2.38. The molecule has 3 aromatic carbocycles. The van der Waals surface area contributed by atoms with E-state index in [2.05, 4.69) is 36.5 Å². The number of benzene rings is 3. The highest BCUT2D eigenvalue weighted by atomic mass is 32.2. The first kappa shape index (κ1) is 25.2. The number of rotatable bonds is 7. The Morgan fingerprint density at radius 1 is 1.05 bits per heavy atom. The SMILES string of the molecule is COc1ccc(-n2nc(-c3ccccc3)c3c2N(CC(=O)NC2CC2)C(=O)CS[C@@H]3c2cccc(C)c2)cc1. The molecule has 6 rings (SSSR count). The van der Waals surface area contributed by atoms with E-state index >= 15 is 0 Å². The van der Waals surface area contributed by atoms with E-state index in [1.165, 1.54) is 0 Å². The molecule has 2 heterocycles. The Balaban J connectivity index is 1.59. The van der Waals surface area contributed by atoms with Gasteiger partial charge in [-0.2, -0.15) is 5.10 Å². The maximum absolute atomic E-state index is 13.8. The van der Waals surface area contributed by atoms with E-state index in [9.17, 15) is 9.59 Å². The molecule has 1 atom stereocenters. The number of fused-ring (bicyclic) bond motifs is 1. The fraction of sp³-hybridized carbons (Fsp3) is 0.258. The number of hydrogen-bond donors (Lipinski definition) is 1. The Labute approximate surface area is 232 Å². The molecule has 0 unspecified atom stereocenters. The Bertz CT molecular complexity index is 1510. The number of thioether (sulfide) groups is 1. The van der Waals surface area contributed by atoms with Crippen LogP contribution in [-0.4, -0.2) is 47.0 Å². The normalized spacial score (nSPS) is 16.9. The van der Waals surface area contributed by atoms with Gasteiger partial charge >= 0.3 is 0 Å². The number of carbonyl (C=O) groups is 2. The molecule has 1 saturated carbocycles. The number of carbonyl (C=O) groups excluding carboxylic acids is 2. The van der Waals surface area contributed by atoms with Crippen molar-refractivity contribution in [2.24, 2.45) is 0 Å². The van der Waals surface area contributed by atoms with Gasteiger partial charge in [0.05, 0.1) is 29.5 Å². The maximum Gasteiger partial charge on any atom is 0.240 e. The fourth-order valence-corrected chi connectivity index (χ4v) is 6.16. The van der Waals surface area contributed by atoms with Crippen LogP contribution in [0.5, 0.6) is 5.75 Å². The lowest BCUT2D eigenvalue weighted by atomic mass is 9.98. The van der Waals surface area contributed by atoms with Gasteiger partial charge in [0.15, 0.2) is 0 Å². The van der Waals surface area contributed by atoms with Crippen LogP contribution in [0.2, 0.25) is 0 Å². The molecular weight excluding hydrogens is 508 g/mol. The minimum atomic E-state index is -0.153. The zero-order valence-corrected chi connectivity index (χ0v) is 22.8. The van der Waals surface area contributed by atoms with Crippen molar-refractivity contribution >= 4 is 29.4 Å². The largest absolute Gasteiger partial charge is 0.497 e. The molecule has 8 heteroatoms. The first-order chi connectivity index (χ1) is 19.0. The van der Waals surface area contributed by atoms with Crippen LogP contribution in [0.1, 0.15) is 34.8 Å². The van der Waals surface area contributed by atoms with Gasteiger partial charge in [-0.25, -0.2) is 4.68 Å². The number of anilines is 1. The Morgan fingerprint density at radius 3 is 2.51 bits per heavy atom. The van der Waals surface area contributed by atoms with Crippen molar-refractivity contribution < 1.29 is 14.3 Å². The van der Waals surface area contributed by atoms with Gasteiger partial charge in [-0.05, 0) is 49.6 Å². The molecule has 0 spiro atoms. The van der Waals surface area contributed by atoms with Crippen LogP contribution >= 0.6 is 11.8 Å².